The number of hydrogen-bond donors (Lipinski definition) is 1. The SMILES string of the molecule is Cc1cccc(C(C)Cc2cn[nH]n2)c1C. The van der Waals surface area contributed by atoms with Crippen LogP contribution < -0.4 is 0 Å². The van der Waals surface area contributed by atoms with Gasteiger partial charge in [-0.1, -0.05) is 25.1 Å². The minimum Gasteiger partial charge on any atom is -0.198 e. The molecule has 2 rings (SSSR count). The van der Waals surface area contributed by atoms with Gasteiger partial charge in [-0.2, -0.15) is 15.4 Å². The lowest BCUT2D eigenvalue weighted by Gasteiger charge is -2.14. The molecular weight excluding hydrogens is 198 g/mol. The molecule has 2 aromatic rings. The van der Waals surface area contributed by atoms with Crippen LogP contribution in [-0.2, 0) is 6.42 Å². The Hall–Kier alpha value is -1.64. The van der Waals surface area contributed by atoms with Crippen LogP contribution in [0.2, 0.25) is 0 Å². The van der Waals surface area contributed by atoms with Gasteiger partial charge in [0.1, 0.15) is 0 Å². The minimum atomic E-state index is 0.477. The molecular formula is C13H17N3. The van der Waals surface area contributed by atoms with Crippen LogP contribution in [0.1, 0.15) is 35.2 Å². The molecule has 16 heavy (non-hydrogen) atoms. The van der Waals surface area contributed by atoms with Crippen molar-refractivity contribution in [2.75, 3.05) is 0 Å². The van der Waals surface area contributed by atoms with Crippen LogP contribution in [0.3, 0.4) is 0 Å². The van der Waals surface area contributed by atoms with Gasteiger partial charge in [0.2, 0.25) is 0 Å². The van der Waals surface area contributed by atoms with Crippen LogP contribution in [0.15, 0.2) is 24.4 Å². The summed E-state index contributed by atoms with van der Waals surface area (Å²) in [6, 6.07) is 6.48. The average Bonchev–Trinajstić information content (AvgIpc) is 2.74. The number of aromatic amines is 1. The quantitative estimate of drug-likeness (QED) is 0.855. The van der Waals surface area contributed by atoms with E-state index in [1.54, 1.807) is 6.20 Å². The Balaban J connectivity index is 2.21. The molecule has 1 aromatic carbocycles. The van der Waals surface area contributed by atoms with Crippen molar-refractivity contribution in [3.05, 3.63) is 46.8 Å². The van der Waals surface area contributed by atoms with Crippen LogP contribution in [0.4, 0.5) is 0 Å². The molecule has 3 nitrogen and oxygen atoms in total. The van der Waals surface area contributed by atoms with Gasteiger partial charge in [-0.05, 0) is 42.9 Å². The molecule has 0 saturated heterocycles. The lowest BCUT2D eigenvalue weighted by atomic mass is 9.91. The van der Waals surface area contributed by atoms with E-state index in [0.717, 1.165) is 12.1 Å². The van der Waals surface area contributed by atoms with Gasteiger partial charge in [-0.25, -0.2) is 0 Å². The third kappa shape index (κ3) is 2.13. The molecule has 0 bridgehead atoms. The zero-order valence-corrected chi connectivity index (χ0v) is 9.99. The number of nitrogens with one attached hydrogen (secondary N) is 1. The van der Waals surface area contributed by atoms with E-state index in [1.807, 2.05) is 0 Å². The normalized spacial score (nSPS) is 12.7. The van der Waals surface area contributed by atoms with Gasteiger partial charge < -0.3 is 0 Å². The second-order valence-electron chi connectivity index (χ2n) is 4.36. The Morgan fingerprint density at radius 2 is 2.12 bits per heavy atom. The first-order chi connectivity index (χ1) is 7.68. The zero-order valence-electron chi connectivity index (χ0n) is 9.99. The number of aryl methyl sites for hydroxylation is 1. The first-order valence-electron chi connectivity index (χ1n) is 5.59. The van der Waals surface area contributed by atoms with Crippen molar-refractivity contribution >= 4 is 0 Å². The molecule has 0 aliphatic carbocycles. The van der Waals surface area contributed by atoms with E-state index >= 15 is 0 Å². The standard InChI is InChI=1S/C13H17N3/c1-9-5-4-6-13(11(9)3)10(2)7-12-8-14-16-15-12/h4-6,8,10H,7H2,1-3H3,(H,14,15,16). The number of hydrogen-bond acceptors (Lipinski definition) is 2. The van der Waals surface area contributed by atoms with Gasteiger partial charge in [0, 0.05) is 0 Å². The maximum absolute atomic E-state index is 4.10. The van der Waals surface area contributed by atoms with Gasteiger partial charge in [-0.15, -0.1) is 0 Å². The number of benzene rings is 1. The molecule has 1 unspecified atom stereocenters. The molecule has 0 aliphatic heterocycles. The smallest absolute Gasteiger partial charge is 0.0830 e. The fourth-order valence-electron chi connectivity index (χ4n) is 2.06. The van der Waals surface area contributed by atoms with E-state index in [9.17, 15) is 0 Å². The van der Waals surface area contributed by atoms with E-state index < -0.39 is 0 Å². The van der Waals surface area contributed by atoms with Crippen molar-refractivity contribution in [3.63, 3.8) is 0 Å². The molecule has 1 atom stereocenters. The van der Waals surface area contributed by atoms with Crippen LogP contribution in [0, 0.1) is 13.8 Å². The Morgan fingerprint density at radius 1 is 1.31 bits per heavy atom. The summed E-state index contributed by atoms with van der Waals surface area (Å²) < 4.78 is 0. The lowest BCUT2D eigenvalue weighted by Crippen LogP contribution is -2.02. The van der Waals surface area contributed by atoms with Gasteiger partial charge in [-0.3, -0.25) is 0 Å². The molecule has 1 aromatic heterocycles. The molecule has 1 N–H and O–H groups in total. The van der Waals surface area contributed by atoms with Gasteiger partial charge in [0.05, 0.1) is 11.9 Å². The van der Waals surface area contributed by atoms with Gasteiger partial charge in [0.15, 0.2) is 0 Å². The van der Waals surface area contributed by atoms with Crippen LogP contribution >= 0.6 is 0 Å². The van der Waals surface area contributed by atoms with Crippen LogP contribution in [0.5, 0.6) is 0 Å². The maximum atomic E-state index is 4.10. The predicted molar refractivity (Wildman–Crippen MR) is 64.4 cm³/mol. The van der Waals surface area contributed by atoms with E-state index in [2.05, 4.69) is 54.4 Å². The van der Waals surface area contributed by atoms with Gasteiger partial charge in [0.25, 0.3) is 0 Å². The second-order valence-corrected chi connectivity index (χ2v) is 4.36. The summed E-state index contributed by atoms with van der Waals surface area (Å²) in [6.07, 6.45) is 2.72. The molecule has 0 aliphatic rings. The zero-order chi connectivity index (χ0) is 11.5. The number of nitrogens with zero attached hydrogens (tertiary/aromatic N) is 2. The highest BCUT2D eigenvalue weighted by atomic mass is 15.3. The lowest BCUT2D eigenvalue weighted by molar-refractivity contribution is 0.729. The summed E-state index contributed by atoms with van der Waals surface area (Å²) in [4.78, 5) is 0. The van der Waals surface area contributed by atoms with Crippen molar-refractivity contribution in [1.82, 2.24) is 15.4 Å². The summed E-state index contributed by atoms with van der Waals surface area (Å²) in [5, 5.41) is 10.6. The monoisotopic (exact) mass is 215 g/mol. The molecule has 84 valence electrons. The Labute approximate surface area is 95.9 Å². The molecule has 0 amide bonds. The molecule has 3 heteroatoms. The maximum Gasteiger partial charge on any atom is 0.0830 e. The number of H-pyrrole nitrogens is 1. The summed E-state index contributed by atoms with van der Waals surface area (Å²) >= 11 is 0. The fourth-order valence-corrected chi connectivity index (χ4v) is 2.06. The first kappa shape index (κ1) is 10.9. The Bertz CT molecular complexity index is 460. The van der Waals surface area contributed by atoms with Crippen molar-refractivity contribution in [2.45, 2.75) is 33.1 Å². The van der Waals surface area contributed by atoms with E-state index in [0.29, 0.717) is 5.92 Å². The van der Waals surface area contributed by atoms with Crippen molar-refractivity contribution in [2.24, 2.45) is 0 Å². The van der Waals surface area contributed by atoms with Gasteiger partial charge >= 0.3 is 0 Å². The van der Waals surface area contributed by atoms with E-state index in [-0.39, 0.29) is 0 Å². The van der Waals surface area contributed by atoms with Crippen molar-refractivity contribution < 1.29 is 0 Å². The average molecular weight is 215 g/mol. The van der Waals surface area contributed by atoms with Crippen LogP contribution in [0.25, 0.3) is 0 Å². The highest BCUT2D eigenvalue weighted by molar-refractivity contribution is 5.35. The number of rotatable bonds is 3. The van der Waals surface area contributed by atoms with Crippen LogP contribution in [-0.4, -0.2) is 15.4 Å². The first-order valence-corrected chi connectivity index (χ1v) is 5.59. The highest BCUT2D eigenvalue weighted by Crippen LogP contribution is 2.24. The topological polar surface area (TPSA) is 41.6 Å². The molecule has 0 spiro atoms. The summed E-state index contributed by atoms with van der Waals surface area (Å²) in [5.41, 5.74) is 5.17. The summed E-state index contributed by atoms with van der Waals surface area (Å²) in [7, 11) is 0. The predicted octanol–water partition coefficient (Wildman–Crippen LogP) is 2.77. The van der Waals surface area contributed by atoms with Crippen molar-refractivity contribution in [3.8, 4) is 0 Å². The second kappa shape index (κ2) is 4.47. The van der Waals surface area contributed by atoms with Crippen molar-refractivity contribution in [1.29, 1.82) is 0 Å². The Kier molecular flexibility index (Phi) is 3.04. The summed E-state index contributed by atoms with van der Waals surface area (Å²) in [5.74, 6) is 0.477. The summed E-state index contributed by atoms with van der Waals surface area (Å²) in [6.45, 7) is 6.57. The van der Waals surface area contributed by atoms with E-state index in [1.165, 1.54) is 16.7 Å². The molecule has 1 heterocycles. The largest absolute Gasteiger partial charge is 0.198 e. The molecule has 0 radical (unpaired) electrons. The fraction of sp³-hybridized carbons (Fsp3) is 0.385. The third-order valence-electron chi connectivity index (χ3n) is 3.16. The number of aromatic nitrogens is 3. The highest BCUT2D eigenvalue weighted by Gasteiger charge is 2.11. The van der Waals surface area contributed by atoms with E-state index in [4.69, 9.17) is 0 Å². The Morgan fingerprint density at radius 3 is 2.81 bits per heavy atom. The third-order valence-corrected chi connectivity index (χ3v) is 3.16. The molecule has 0 fully saturated rings. The molecule has 0 saturated carbocycles. The minimum absolute atomic E-state index is 0.477.